The molecule has 0 fully saturated rings. The van der Waals surface area contributed by atoms with E-state index in [2.05, 4.69) is 4.98 Å². The SMILES string of the molecule is N#Cc1cc(C(F)F)nc(C(=O)O)c1CCl. The summed E-state index contributed by atoms with van der Waals surface area (Å²) in [5.74, 6) is -1.77. The third-order valence-corrected chi connectivity index (χ3v) is 2.09. The van der Waals surface area contributed by atoms with Crippen LogP contribution in [0.1, 0.15) is 33.7 Å². The minimum Gasteiger partial charge on any atom is -0.477 e. The lowest BCUT2D eigenvalue weighted by Gasteiger charge is -2.07. The van der Waals surface area contributed by atoms with Crippen LogP contribution in [0.5, 0.6) is 0 Å². The molecule has 84 valence electrons. The number of pyridine rings is 1. The molecule has 0 saturated carbocycles. The largest absolute Gasteiger partial charge is 0.477 e. The number of carboxylic acids is 1. The standard InChI is InChI=1S/C9H5ClF2N2O2/c10-2-5-4(3-13)1-6(8(11)12)14-7(5)9(15)16/h1,8H,2H2,(H,15,16). The first kappa shape index (κ1) is 12.3. The summed E-state index contributed by atoms with van der Waals surface area (Å²) in [6.45, 7) is 0. The summed E-state index contributed by atoms with van der Waals surface area (Å²) in [6, 6.07) is 2.46. The smallest absolute Gasteiger partial charge is 0.354 e. The molecule has 4 nitrogen and oxygen atoms in total. The van der Waals surface area contributed by atoms with Gasteiger partial charge in [0.05, 0.1) is 17.5 Å². The first-order valence-electron chi connectivity index (χ1n) is 4.02. The van der Waals surface area contributed by atoms with Crippen molar-refractivity contribution >= 4 is 17.6 Å². The molecular formula is C9H5ClF2N2O2. The monoisotopic (exact) mass is 246 g/mol. The first-order chi connectivity index (χ1) is 7.51. The molecule has 0 spiro atoms. The van der Waals surface area contributed by atoms with Crippen LogP contribution in [0.4, 0.5) is 8.78 Å². The zero-order chi connectivity index (χ0) is 12.3. The molecule has 1 N–H and O–H groups in total. The molecule has 1 heterocycles. The van der Waals surface area contributed by atoms with E-state index in [0.717, 1.165) is 6.07 Å². The van der Waals surface area contributed by atoms with Gasteiger partial charge >= 0.3 is 5.97 Å². The van der Waals surface area contributed by atoms with Gasteiger partial charge in [0, 0.05) is 5.56 Å². The molecule has 0 aromatic carbocycles. The number of carbonyl (C=O) groups is 1. The first-order valence-corrected chi connectivity index (χ1v) is 4.56. The Bertz CT molecular complexity index is 471. The number of alkyl halides is 3. The maximum atomic E-state index is 12.4. The summed E-state index contributed by atoms with van der Waals surface area (Å²) in [5, 5.41) is 17.4. The van der Waals surface area contributed by atoms with Crippen molar-refractivity contribution in [3.05, 3.63) is 28.6 Å². The minimum absolute atomic E-state index is 0.0546. The normalized spacial score (nSPS) is 10.2. The van der Waals surface area contributed by atoms with Gasteiger partial charge in [-0.15, -0.1) is 11.6 Å². The lowest BCUT2D eigenvalue weighted by atomic mass is 10.1. The Morgan fingerprint density at radius 1 is 1.69 bits per heavy atom. The Labute approximate surface area is 94.1 Å². The second-order valence-corrected chi connectivity index (χ2v) is 3.04. The molecule has 0 aliphatic carbocycles. The molecule has 1 rings (SSSR count). The topological polar surface area (TPSA) is 74.0 Å². The fourth-order valence-electron chi connectivity index (χ4n) is 1.12. The predicted molar refractivity (Wildman–Crippen MR) is 50.4 cm³/mol. The van der Waals surface area contributed by atoms with Gasteiger partial charge in [-0.2, -0.15) is 5.26 Å². The number of aromatic carboxylic acids is 1. The highest BCUT2D eigenvalue weighted by molar-refractivity contribution is 6.17. The highest BCUT2D eigenvalue weighted by Crippen LogP contribution is 2.23. The Balaban J connectivity index is 3.51. The highest BCUT2D eigenvalue weighted by atomic mass is 35.5. The fraction of sp³-hybridized carbons (Fsp3) is 0.222. The Morgan fingerprint density at radius 2 is 2.31 bits per heavy atom. The van der Waals surface area contributed by atoms with Gasteiger partial charge in [0.15, 0.2) is 5.69 Å². The molecule has 0 amide bonds. The van der Waals surface area contributed by atoms with Crippen molar-refractivity contribution in [1.82, 2.24) is 4.98 Å². The number of hydrogen-bond acceptors (Lipinski definition) is 3. The summed E-state index contributed by atoms with van der Waals surface area (Å²) in [4.78, 5) is 14.0. The van der Waals surface area contributed by atoms with Crippen LogP contribution in [-0.2, 0) is 5.88 Å². The number of hydrogen-bond donors (Lipinski definition) is 1. The van der Waals surface area contributed by atoms with Crippen molar-refractivity contribution in [2.45, 2.75) is 12.3 Å². The number of halogens is 3. The molecule has 0 saturated heterocycles. The lowest BCUT2D eigenvalue weighted by Crippen LogP contribution is -2.09. The van der Waals surface area contributed by atoms with E-state index in [0.29, 0.717) is 0 Å². The molecule has 0 unspecified atom stereocenters. The number of carboxylic acid groups (broad SMARTS) is 1. The van der Waals surface area contributed by atoms with E-state index in [1.807, 2.05) is 0 Å². The maximum absolute atomic E-state index is 12.4. The van der Waals surface area contributed by atoms with E-state index in [1.54, 1.807) is 6.07 Å². The third kappa shape index (κ3) is 2.25. The summed E-state index contributed by atoms with van der Waals surface area (Å²) < 4.78 is 24.7. The summed E-state index contributed by atoms with van der Waals surface area (Å²) in [7, 11) is 0. The summed E-state index contributed by atoms with van der Waals surface area (Å²) in [5.41, 5.74) is -1.61. The van der Waals surface area contributed by atoms with Crippen LogP contribution in [-0.4, -0.2) is 16.1 Å². The van der Waals surface area contributed by atoms with Crippen molar-refractivity contribution in [2.75, 3.05) is 0 Å². The predicted octanol–water partition coefficient (Wildman–Crippen LogP) is 2.33. The van der Waals surface area contributed by atoms with Crippen LogP contribution >= 0.6 is 11.6 Å². The molecule has 0 atom stereocenters. The summed E-state index contributed by atoms with van der Waals surface area (Å²) in [6.07, 6.45) is -2.94. The van der Waals surface area contributed by atoms with Gasteiger partial charge in [-0.3, -0.25) is 0 Å². The van der Waals surface area contributed by atoms with E-state index in [1.165, 1.54) is 0 Å². The average molecular weight is 247 g/mol. The quantitative estimate of drug-likeness (QED) is 0.831. The molecule has 0 bridgehead atoms. The molecule has 0 radical (unpaired) electrons. The van der Waals surface area contributed by atoms with Crippen LogP contribution < -0.4 is 0 Å². The summed E-state index contributed by atoms with van der Waals surface area (Å²) >= 11 is 5.45. The molecule has 16 heavy (non-hydrogen) atoms. The lowest BCUT2D eigenvalue weighted by molar-refractivity contribution is 0.0687. The van der Waals surface area contributed by atoms with Crippen molar-refractivity contribution in [2.24, 2.45) is 0 Å². The number of aromatic nitrogens is 1. The maximum Gasteiger partial charge on any atom is 0.354 e. The van der Waals surface area contributed by atoms with Gasteiger partial charge in [0.25, 0.3) is 6.43 Å². The Hall–Kier alpha value is -1.74. The third-order valence-electron chi connectivity index (χ3n) is 1.82. The van der Waals surface area contributed by atoms with Crippen LogP contribution in [0.15, 0.2) is 6.07 Å². The van der Waals surface area contributed by atoms with Crippen LogP contribution in [0, 0.1) is 11.3 Å². The van der Waals surface area contributed by atoms with E-state index in [9.17, 15) is 13.6 Å². The van der Waals surface area contributed by atoms with Crippen molar-refractivity contribution in [1.29, 1.82) is 5.26 Å². The van der Waals surface area contributed by atoms with Gasteiger partial charge in [-0.25, -0.2) is 18.6 Å². The van der Waals surface area contributed by atoms with E-state index < -0.39 is 23.8 Å². The highest BCUT2D eigenvalue weighted by Gasteiger charge is 2.20. The van der Waals surface area contributed by atoms with Crippen molar-refractivity contribution in [3.8, 4) is 6.07 Å². The van der Waals surface area contributed by atoms with Gasteiger partial charge in [0.1, 0.15) is 5.69 Å². The minimum atomic E-state index is -2.94. The van der Waals surface area contributed by atoms with Gasteiger partial charge in [-0.05, 0) is 6.07 Å². The molecule has 1 aromatic heterocycles. The molecular weight excluding hydrogens is 242 g/mol. The van der Waals surface area contributed by atoms with Gasteiger partial charge < -0.3 is 5.11 Å². The van der Waals surface area contributed by atoms with Crippen LogP contribution in [0.2, 0.25) is 0 Å². The number of nitrogens with zero attached hydrogens (tertiary/aromatic N) is 2. The van der Waals surface area contributed by atoms with E-state index in [-0.39, 0.29) is 17.0 Å². The Kier molecular flexibility index (Phi) is 3.74. The zero-order valence-corrected chi connectivity index (χ0v) is 8.50. The fourth-order valence-corrected chi connectivity index (χ4v) is 1.39. The van der Waals surface area contributed by atoms with Gasteiger partial charge in [0.2, 0.25) is 0 Å². The Morgan fingerprint density at radius 3 is 2.69 bits per heavy atom. The molecule has 7 heteroatoms. The van der Waals surface area contributed by atoms with Crippen LogP contribution in [0.25, 0.3) is 0 Å². The van der Waals surface area contributed by atoms with E-state index in [4.69, 9.17) is 22.0 Å². The van der Waals surface area contributed by atoms with Crippen LogP contribution in [0.3, 0.4) is 0 Å². The molecule has 1 aromatic rings. The zero-order valence-electron chi connectivity index (χ0n) is 7.75. The molecule has 0 aliphatic heterocycles. The average Bonchev–Trinajstić information content (AvgIpc) is 2.26. The van der Waals surface area contributed by atoms with E-state index >= 15 is 0 Å². The van der Waals surface area contributed by atoms with Crippen molar-refractivity contribution in [3.63, 3.8) is 0 Å². The number of nitriles is 1. The second-order valence-electron chi connectivity index (χ2n) is 2.77. The van der Waals surface area contributed by atoms with Gasteiger partial charge in [-0.1, -0.05) is 0 Å². The second kappa shape index (κ2) is 4.86. The molecule has 0 aliphatic rings. The number of rotatable bonds is 3. The van der Waals surface area contributed by atoms with Crippen molar-refractivity contribution < 1.29 is 18.7 Å².